The summed E-state index contributed by atoms with van der Waals surface area (Å²) in [7, 11) is -1.78. The largest absolute Gasteiger partial charge is 1.00 e. The molecule has 0 amide bonds. The molecule has 0 aromatic heterocycles. The molecule has 4 unspecified atom stereocenters. The molecule has 0 aliphatic carbocycles. The van der Waals surface area contributed by atoms with Crippen LogP contribution in [0, 0.1) is 0 Å². The second-order valence-corrected chi connectivity index (χ2v) is 13.7. The third-order valence-electron chi connectivity index (χ3n) is 7.77. The van der Waals surface area contributed by atoms with E-state index in [9.17, 15) is 0 Å². The summed E-state index contributed by atoms with van der Waals surface area (Å²) in [5, 5.41) is 4.35. The minimum atomic E-state index is -1.78. The Kier molecular flexibility index (Phi) is 11.6. The Morgan fingerprint density at radius 3 is 1.53 bits per heavy atom. The van der Waals surface area contributed by atoms with Gasteiger partial charge in [-0.2, -0.15) is 0 Å². The van der Waals surface area contributed by atoms with Gasteiger partial charge in [-0.15, -0.1) is 0 Å². The molecule has 5 rings (SSSR count). The van der Waals surface area contributed by atoms with E-state index in [1.807, 2.05) is 0 Å². The summed E-state index contributed by atoms with van der Waals surface area (Å²) in [4.78, 5) is 0. The van der Waals surface area contributed by atoms with Crippen molar-refractivity contribution in [2.24, 2.45) is 0 Å². The number of halogens is 1. The lowest BCUT2D eigenvalue weighted by Gasteiger charge is -2.37. The fourth-order valence-corrected chi connectivity index (χ4v) is 10.3. The average molecular weight is 647 g/mol. The second kappa shape index (κ2) is 14.9. The normalized spacial score (nSPS) is 23.9. The zero-order valence-electron chi connectivity index (χ0n) is 22.3. The summed E-state index contributed by atoms with van der Waals surface area (Å²) >= 11 is 0. The van der Waals surface area contributed by atoms with Crippen LogP contribution in [0.2, 0.25) is 0 Å². The Morgan fingerprint density at radius 1 is 0.579 bits per heavy atom. The number of hydrogen-bond acceptors (Lipinski definition) is 4. The predicted molar refractivity (Wildman–Crippen MR) is 153 cm³/mol. The summed E-state index contributed by atoms with van der Waals surface area (Å²) in [6, 6.07) is 33.5. The lowest BCUT2D eigenvalue weighted by Crippen LogP contribution is -3.00. The van der Waals surface area contributed by atoms with Crippen molar-refractivity contribution in [2.45, 2.75) is 57.0 Å². The van der Waals surface area contributed by atoms with E-state index >= 15 is 0 Å². The van der Waals surface area contributed by atoms with Gasteiger partial charge in [0.05, 0.1) is 57.0 Å². The third kappa shape index (κ3) is 7.04. The van der Waals surface area contributed by atoms with Gasteiger partial charge in [-0.3, -0.25) is 0 Å². The third-order valence-corrected chi connectivity index (χ3v) is 12.3. The molecule has 0 saturated carbocycles. The molecule has 4 atom stereocenters. The zero-order chi connectivity index (χ0) is 25.3. The first-order chi connectivity index (χ1) is 18.3. The van der Waals surface area contributed by atoms with Crippen LogP contribution in [0.15, 0.2) is 91.0 Å². The van der Waals surface area contributed by atoms with E-state index in [1.165, 1.54) is 15.9 Å². The van der Waals surface area contributed by atoms with Crippen LogP contribution in [0.5, 0.6) is 0 Å². The van der Waals surface area contributed by atoms with Crippen molar-refractivity contribution in [1.82, 2.24) is 0 Å². The Hall–Kier alpha value is -1.34. The molecule has 2 aliphatic rings. The van der Waals surface area contributed by atoms with Gasteiger partial charge in [0, 0.05) is 6.42 Å². The molecular weight excluding hydrogens is 606 g/mol. The fraction of sp³-hybridized carbons (Fsp3) is 0.438. The molecule has 2 heterocycles. The van der Waals surface area contributed by atoms with Gasteiger partial charge < -0.3 is 42.9 Å². The van der Waals surface area contributed by atoms with Gasteiger partial charge in [0.15, 0.2) is 0 Å². The number of hydrogen-bond donors (Lipinski definition) is 0. The maximum atomic E-state index is 6.24. The molecule has 2 saturated heterocycles. The molecule has 204 valence electrons. The highest BCUT2D eigenvalue weighted by atomic mass is 127. The molecule has 6 heteroatoms. The molecule has 0 N–H and O–H groups in total. The number of benzene rings is 3. The minimum absolute atomic E-state index is 0. The highest BCUT2D eigenvalue weighted by Crippen LogP contribution is 2.56. The average Bonchev–Trinajstić information content (AvgIpc) is 2.97. The molecular formula is C32H40IO4P. The van der Waals surface area contributed by atoms with Gasteiger partial charge in [0.1, 0.15) is 23.2 Å². The maximum Gasteiger partial charge on any atom is 0.112 e. The first-order valence-electron chi connectivity index (χ1n) is 13.8. The van der Waals surface area contributed by atoms with Crippen LogP contribution < -0.4 is 39.9 Å². The lowest BCUT2D eigenvalue weighted by molar-refractivity contribution is -0.184. The molecule has 2 aliphatic heterocycles. The summed E-state index contributed by atoms with van der Waals surface area (Å²) in [6.07, 6.45) is 5.59. The van der Waals surface area contributed by atoms with Crippen LogP contribution in [-0.2, 0) is 18.9 Å². The molecule has 0 bridgehead atoms. The van der Waals surface area contributed by atoms with Crippen LogP contribution >= 0.6 is 7.26 Å². The van der Waals surface area contributed by atoms with Gasteiger partial charge in [0.25, 0.3) is 0 Å². The first-order valence-corrected chi connectivity index (χ1v) is 15.8. The Balaban J connectivity index is 0.00000336. The van der Waals surface area contributed by atoms with Crippen molar-refractivity contribution in [1.29, 1.82) is 0 Å². The quantitative estimate of drug-likeness (QED) is 0.192. The standard InChI is InChI=1S/C32H40O4P.HI/c1-26-31(35-21-20-33-26)25-32-30(34-22-23-36-32)19-11-12-24-37(27-13-5-2-6-14-27,28-15-7-3-8-16-28)29-17-9-4-10-18-29;/h2-10,13-18,26,30-32H,11-12,19-25H2,1H3;1H/q+1;/p-1. The second-order valence-electron chi connectivity index (χ2n) is 10.1. The van der Waals surface area contributed by atoms with Crippen molar-refractivity contribution < 1.29 is 42.9 Å². The van der Waals surface area contributed by atoms with Crippen molar-refractivity contribution in [2.75, 3.05) is 32.6 Å². The van der Waals surface area contributed by atoms with Crippen molar-refractivity contribution in [3.8, 4) is 0 Å². The van der Waals surface area contributed by atoms with Crippen LogP contribution in [0.25, 0.3) is 0 Å². The lowest BCUT2D eigenvalue weighted by atomic mass is 9.98. The van der Waals surface area contributed by atoms with E-state index in [-0.39, 0.29) is 48.4 Å². The zero-order valence-corrected chi connectivity index (χ0v) is 25.3. The van der Waals surface area contributed by atoms with E-state index in [4.69, 9.17) is 18.9 Å². The fourth-order valence-electron chi connectivity index (χ4n) is 5.84. The van der Waals surface area contributed by atoms with Gasteiger partial charge >= 0.3 is 0 Å². The van der Waals surface area contributed by atoms with E-state index in [0.717, 1.165) is 31.8 Å². The summed E-state index contributed by atoms with van der Waals surface area (Å²) in [5.74, 6) is 0. The van der Waals surface area contributed by atoms with Crippen LogP contribution in [-0.4, -0.2) is 57.0 Å². The summed E-state index contributed by atoms with van der Waals surface area (Å²) in [6.45, 7) is 4.78. The molecule has 3 aromatic carbocycles. The van der Waals surface area contributed by atoms with Crippen molar-refractivity contribution in [3.05, 3.63) is 91.0 Å². The van der Waals surface area contributed by atoms with Crippen LogP contribution in [0.1, 0.15) is 32.6 Å². The smallest absolute Gasteiger partial charge is 0.112 e. The molecule has 3 aromatic rings. The summed E-state index contributed by atoms with van der Waals surface area (Å²) in [5.41, 5.74) is 0. The highest BCUT2D eigenvalue weighted by Gasteiger charge is 2.44. The number of rotatable bonds is 10. The molecule has 4 nitrogen and oxygen atoms in total. The van der Waals surface area contributed by atoms with E-state index in [1.54, 1.807) is 0 Å². The van der Waals surface area contributed by atoms with Gasteiger partial charge in [-0.25, -0.2) is 0 Å². The number of ether oxygens (including phenoxy) is 4. The van der Waals surface area contributed by atoms with Crippen molar-refractivity contribution in [3.63, 3.8) is 0 Å². The van der Waals surface area contributed by atoms with E-state index in [0.29, 0.717) is 26.4 Å². The van der Waals surface area contributed by atoms with E-state index in [2.05, 4.69) is 97.9 Å². The summed E-state index contributed by atoms with van der Waals surface area (Å²) < 4.78 is 24.2. The molecule has 2 fully saturated rings. The molecule has 38 heavy (non-hydrogen) atoms. The van der Waals surface area contributed by atoms with Crippen LogP contribution in [0.4, 0.5) is 0 Å². The maximum absolute atomic E-state index is 6.24. The Labute approximate surface area is 245 Å². The minimum Gasteiger partial charge on any atom is -1.00 e. The first kappa shape index (κ1) is 29.6. The molecule has 0 spiro atoms. The number of unbranched alkanes of at least 4 members (excludes halogenated alkanes) is 1. The molecule has 0 radical (unpaired) electrons. The Bertz CT molecular complexity index is 972. The predicted octanol–water partition coefficient (Wildman–Crippen LogP) is 2.13. The SMILES string of the molecule is CC1OCCOC1CC1OCCOC1CCCC[P+](c1ccccc1)(c1ccccc1)c1ccccc1.[I-]. The van der Waals surface area contributed by atoms with Crippen LogP contribution in [0.3, 0.4) is 0 Å². The highest BCUT2D eigenvalue weighted by molar-refractivity contribution is 7.95. The topological polar surface area (TPSA) is 36.9 Å². The van der Waals surface area contributed by atoms with E-state index < -0.39 is 7.26 Å². The van der Waals surface area contributed by atoms with Gasteiger partial charge in [-0.05, 0) is 62.6 Å². The van der Waals surface area contributed by atoms with Crippen molar-refractivity contribution >= 4 is 23.2 Å². The van der Waals surface area contributed by atoms with Gasteiger partial charge in [-0.1, -0.05) is 54.6 Å². The van der Waals surface area contributed by atoms with Gasteiger partial charge in [0.2, 0.25) is 0 Å². The Morgan fingerprint density at radius 2 is 1.03 bits per heavy atom. The monoisotopic (exact) mass is 646 g/mol.